The van der Waals surface area contributed by atoms with Crippen molar-refractivity contribution in [2.24, 2.45) is 0 Å². The zero-order chi connectivity index (χ0) is 22.2. The summed E-state index contributed by atoms with van der Waals surface area (Å²) < 4.78 is 0. The van der Waals surface area contributed by atoms with Crippen LogP contribution in [0.2, 0.25) is 5.02 Å². The van der Waals surface area contributed by atoms with Gasteiger partial charge < -0.3 is 15.1 Å². The summed E-state index contributed by atoms with van der Waals surface area (Å²) in [4.78, 5) is 43.5. The topological polar surface area (TPSA) is 73.0 Å². The summed E-state index contributed by atoms with van der Waals surface area (Å²) in [6, 6.07) is 14.2. The van der Waals surface area contributed by atoms with Gasteiger partial charge in [-0.15, -0.1) is 0 Å². The molecule has 8 heteroatoms. The fourth-order valence-corrected chi connectivity index (χ4v) is 4.33. The van der Waals surface area contributed by atoms with Gasteiger partial charge in [-0.1, -0.05) is 29.8 Å². The number of benzene rings is 2. The lowest BCUT2D eigenvalue weighted by Crippen LogP contribution is -2.55. The second kappa shape index (κ2) is 8.23. The minimum atomic E-state index is -0.954. The molecule has 0 bridgehead atoms. The lowest BCUT2D eigenvalue weighted by atomic mass is 9.87. The minimum Gasteiger partial charge on any atom is -0.378 e. The molecule has 2 saturated heterocycles. The predicted octanol–water partition coefficient (Wildman–Crippen LogP) is 3.13. The molecule has 162 valence electrons. The lowest BCUT2D eigenvalue weighted by Gasteiger charge is -2.37. The number of anilines is 1. The number of nitrogens with zero attached hydrogens (tertiary/aromatic N) is 3. The molecule has 2 fully saturated rings. The molecule has 0 aromatic heterocycles. The zero-order valence-electron chi connectivity index (χ0n) is 17.6. The van der Waals surface area contributed by atoms with Gasteiger partial charge >= 0.3 is 6.03 Å². The summed E-state index contributed by atoms with van der Waals surface area (Å²) in [6.45, 7) is 0.938. The fourth-order valence-electron chi connectivity index (χ4n) is 4.13. The smallest absolute Gasteiger partial charge is 0.325 e. The Morgan fingerprint density at radius 1 is 1.06 bits per heavy atom. The van der Waals surface area contributed by atoms with Crippen LogP contribution < -0.4 is 10.2 Å². The van der Waals surface area contributed by atoms with E-state index in [4.69, 9.17) is 11.6 Å². The molecule has 0 atom stereocenters. The number of piperidine rings is 1. The van der Waals surface area contributed by atoms with Crippen molar-refractivity contribution in [3.05, 3.63) is 64.7 Å². The first-order valence-electron chi connectivity index (χ1n) is 10.2. The van der Waals surface area contributed by atoms with E-state index in [0.717, 1.165) is 11.3 Å². The molecule has 1 spiro atoms. The molecular weight excluding hydrogens is 416 g/mol. The van der Waals surface area contributed by atoms with Gasteiger partial charge in [-0.05, 0) is 48.7 Å². The Morgan fingerprint density at radius 3 is 2.32 bits per heavy atom. The third-order valence-corrected chi connectivity index (χ3v) is 6.44. The van der Waals surface area contributed by atoms with Crippen LogP contribution in [0.4, 0.5) is 10.5 Å². The van der Waals surface area contributed by atoms with Crippen LogP contribution in [0.25, 0.3) is 0 Å². The highest BCUT2D eigenvalue weighted by atomic mass is 35.5. The Bertz CT molecular complexity index is 1010. The van der Waals surface area contributed by atoms with Gasteiger partial charge in [-0.25, -0.2) is 4.79 Å². The van der Waals surface area contributed by atoms with Gasteiger partial charge in [0.25, 0.3) is 11.8 Å². The van der Waals surface area contributed by atoms with Crippen LogP contribution in [-0.2, 0) is 11.3 Å². The largest absolute Gasteiger partial charge is 0.378 e. The molecule has 4 rings (SSSR count). The molecule has 7 nitrogen and oxygen atoms in total. The summed E-state index contributed by atoms with van der Waals surface area (Å²) in [7, 11) is 3.89. The van der Waals surface area contributed by atoms with E-state index in [1.807, 2.05) is 49.3 Å². The van der Waals surface area contributed by atoms with Crippen LogP contribution in [0.3, 0.4) is 0 Å². The molecule has 0 unspecified atom stereocenters. The second-order valence-electron chi connectivity index (χ2n) is 8.23. The molecule has 2 aromatic carbocycles. The van der Waals surface area contributed by atoms with E-state index in [2.05, 4.69) is 5.32 Å². The third-order valence-electron chi connectivity index (χ3n) is 6.07. The lowest BCUT2D eigenvalue weighted by molar-refractivity contribution is -0.133. The maximum absolute atomic E-state index is 13.1. The van der Waals surface area contributed by atoms with Gasteiger partial charge in [-0.2, -0.15) is 0 Å². The third kappa shape index (κ3) is 3.97. The molecule has 1 N–H and O–H groups in total. The number of carbonyl (C=O) groups is 3. The van der Waals surface area contributed by atoms with Crippen molar-refractivity contribution in [1.82, 2.24) is 15.1 Å². The molecule has 2 heterocycles. The van der Waals surface area contributed by atoms with E-state index < -0.39 is 11.6 Å². The maximum atomic E-state index is 13.1. The molecular formula is C23H25ClN4O3. The summed E-state index contributed by atoms with van der Waals surface area (Å²) in [5, 5.41) is 3.40. The van der Waals surface area contributed by atoms with E-state index in [1.165, 1.54) is 4.90 Å². The highest BCUT2D eigenvalue weighted by Gasteiger charge is 2.52. The number of likely N-dealkylation sites (tertiary alicyclic amines) is 1. The molecule has 0 saturated carbocycles. The number of amides is 4. The number of urea groups is 1. The molecule has 2 aromatic rings. The van der Waals surface area contributed by atoms with Crippen LogP contribution in [0.5, 0.6) is 0 Å². The van der Waals surface area contributed by atoms with Crippen molar-refractivity contribution < 1.29 is 14.4 Å². The molecule has 0 aliphatic carbocycles. The summed E-state index contributed by atoms with van der Waals surface area (Å²) in [5.41, 5.74) is 1.40. The molecule has 4 amide bonds. The number of hydrogen-bond donors (Lipinski definition) is 1. The number of rotatable bonds is 4. The number of nitrogens with one attached hydrogen (secondary N) is 1. The van der Waals surface area contributed by atoms with Crippen LogP contribution in [0, 0.1) is 0 Å². The van der Waals surface area contributed by atoms with E-state index in [0.29, 0.717) is 36.5 Å². The molecule has 2 aliphatic heterocycles. The van der Waals surface area contributed by atoms with E-state index in [1.54, 1.807) is 23.1 Å². The monoisotopic (exact) mass is 440 g/mol. The van der Waals surface area contributed by atoms with Crippen LogP contribution >= 0.6 is 11.6 Å². The van der Waals surface area contributed by atoms with E-state index in [-0.39, 0.29) is 18.4 Å². The van der Waals surface area contributed by atoms with Gasteiger partial charge in [0.1, 0.15) is 5.54 Å². The van der Waals surface area contributed by atoms with Crippen molar-refractivity contribution >= 4 is 35.1 Å². The Morgan fingerprint density at radius 2 is 1.71 bits per heavy atom. The first-order valence-corrected chi connectivity index (χ1v) is 10.6. The van der Waals surface area contributed by atoms with Gasteiger partial charge in [0.05, 0.1) is 6.54 Å². The zero-order valence-corrected chi connectivity index (χ0v) is 18.4. The van der Waals surface area contributed by atoms with Crippen molar-refractivity contribution in [2.45, 2.75) is 24.9 Å². The van der Waals surface area contributed by atoms with Gasteiger partial charge in [0, 0.05) is 43.5 Å². The van der Waals surface area contributed by atoms with Gasteiger partial charge in [-0.3, -0.25) is 14.5 Å². The number of hydrogen-bond acceptors (Lipinski definition) is 4. The summed E-state index contributed by atoms with van der Waals surface area (Å²) >= 11 is 6.20. The van der Waals surface area contributed by atoms with Gasteiger partial charge in [0.2, 0.25) is 0 Å². The highest BCUT2D eigenvalue weighted by Crippen LogP contribution is 2.32. The standard InChI is InChI=1S/C23H25ClN4O3/c1-26(2)18-9-7-16(8-10-18)20(29)27-13-11-23(12-14-27)21(30)28(22(31)25-23)15-17-5-3-4-6-19(17)24/h3-10H,11-15H2,1-2H3,(H,25,31). The number of carbonyl (C=O) groups excluding carboxylic acids is 3. The molecule has 31 heavy (non-hydrogen) atoms. The quantitative estimate of drug-likeness (QED) is 0.741. The maximum Gasteiger partial charge on any atom is 0.325 e. The summed E-state index contributed by atoms with van der Waals surface area (Å²) in [5.74, 6) is -0.315. The Balaban J connectivity index is 1.42. The van der Waals surface area contributed by atoms with E-state index in [9.17, 15) is 14.4 Å². The van der Waals surface area contributed by atoms with Crippen LogP contribution in [0.15, 0.2) is 48.5 Å². The van der Waals surface area contributed by atoms with Crippen molar-refractivity contribution in [2.75, 3.05) is 32.1 Å². The molecule has 2 aliphatic rings. The van der Waals surface area contributed by atoms with E-state index >= 15 is 0 Å². The van der Waals surface area contributed by atoms with Crippen LogP contribution in [0.1, 0.15) is 28.8 Å². The Hall–Kier alpha value is -3.06. The van der Waals surface area contributed by atoms with Crippen LogP contribution in [-0.4, -0.2) is 60.4 Å². The van der Waals surface area contributed by atoms with Crippen molar-refractivity contribution in [1.29, 1.82) is 0 Å². The predicted molar refractivity (Wildman–Crippen MR) is 119 cm³/mol. The number of halogens is 1. The fraction of sp³-hybridized carbons (Fsp3) is 0.348. The first kappa shape index (κ1) is 21.2. The number of imide groups is 1. The SMILES string of the molecule is CN(C)c1ccc(C(=O)N2CCC3(CC2)NC(=O)N(Cc2ccccc2Cl)C3=O)cc1. The Kier molecular flexibility index (Phi) is 5.62. The normalized spacial score (nSPS) is 17.8. The average molecular weight is 441 g/mol. The minimum absolute atomic E-state index is 0.0650. The van der Waals surface area contributed by atoms with Crippen molar-refractivity contribution in [3.63, 3.8) is 0 Å². The second-order valence-corrected chi connectivity index (χ2v) is 8.64. The summed E-state index contributed by atoms with van der Waals surface area (Å²) in [6.07, 6.45) is 0.774. The van der Waals surface area contributed by atoms with Gasteiger partial charge in [0.15, 0.2) is 0 Å². The average Bonchev–Trinajstić information content (AvgIpc) is 2.99. The Labute approximate surface area is 186 Å². The first-order chi connectivity index (χ1) is 14.8. The molecule has 0 radical (unpaired) electrons. The van der Waals surface area contributed by atoms with Crippen molar-refractivity contribution in [3.8, 4) is 0 Å². The highest BCUT2D eigenvalue weighted by molar-refractivity contribution is 6.31.